The second-order valence-electron chi connectivity index (χ2n) is 5.51. The van der Waals surface area contributed by atoms with Crippen LogP contribution in [0.3, 0.4) is 0 Å². The van der Waals surface area contributed by atoms with Crippen molar-refractivity contribution < 1.29 is 13.2 Å². The van der Waals surface area contributed by atoms with E-state index in [1.807, 2.05) is 36.4 Å². The van der Waals surface area contributed by atoms with Gasteiger partial charge in [-0.15, -0.1) is 0 Å². The van der Waals surface area contributed by atoms with Gasteiger partial charge in [0.2, 0.25) is 0 Å². The first-order valence-electron chi connectivity index (χ1n) is 7.05. The summed E-state index contributed by atoms with van der Waals surface area (Å²) in [5.41, 5.74) is 2.48. The molecule has 110 valence electrons. The molecule has 0 bridgehead atoms. The normalized spacial score (nSPS) is 16.6. The highest BCUT2D eigenvalue weighted by atomic mass is 19.2. The minimum Gasteiger partial charge on any atom is -0.378 e. The third-order valence-corrected chi connectivity index (χ3v) is 4.19. The lowest BCUT2D eigenvalue weighted by molar-refractivity contribution is 0.444. The monoisotopic (exact) mass is 299 g/mol. The fourth-order valence-electron chi connectivity index (χ4n) is 3.11. The van der Waals surface area contributed by atoms with Crippen LogP contribution in [0.25, 0.3) is 10.8 Å². The van der Waals surface area contributed by atoms with E-state index in [0.29, 0.717) is 12.0 Å². The van der Waals surface area contributed by atoms with Crippen molar-refractivity contribution in [3.63, 3.8) is 0 Å². The number of nitrogens with one attached hydrogen (secondary N) is 1. The average molecular weight is 299 g/mol. The topological polar surface area (TPSA) is 12.0 Å². The minimum atomic E-state index is -1.43. The predicted molar refractivity (Wildman–Crippen MR) is 80.3 cm³/mol. The SMILES string of the molecule is Fc1cc(C2Cc3c(ccc4ccccc34)N2)cc(F)c1F. The molecule has 0 radical (unpaired) electrons. The summed E-state index contributed by atoms with van der Waals surface area (Å²) in [7, 11) is 0. The predicted octanol–water partition coefficient (Wildman–Crippen LogP) is 4.97. The van der Waals surface area contributed by atoms with E-state index in [0.717, 1.165) is 34.2 Å². The molecule has 0 aliphatic carbocycles. The zero-order valence-electron chi connectivity index (χ0n) is 11.5. The van der Waals surface area contributed by atoms with Crippen LogP contribution >= 0.6 is 0 Å². The summed E-state index contributed by atoms with van der Waals surface area (Å²) < 4.78 is 40.0. The molecular weight excluding hydrogens is 287 g/mol. The molecule has 0 amide bonds. The van der Waals surface area contributed by atoms with Gasteiger partial charge >= 0.3 is 0 Å². The third kappa shape index (κ3) is 1.95. The van der Waals surface area contributed by atoms with Crippen molar-refractivity contribution in [1.82, 2.24) is 0 Å². The van der Waals surface area contributed by atoms with E-state index >= 15 is 0 Å². The largest absolute Gasteiger partial charge is 0.378 e. The summed E-state index contributed by atoms with van der Waals surface area (Å²) in [5, 5.41) is 5.51. The molecule has 1 aliphatic heterocycles. The van der Waals surface area contributed by atoms with Gasteiger partial charge in [-0.1, -0.05) is 30.3 Å². The lowest BCUT2D eigenvalue weighted by Crippen LogP contribution is -2.07. The van der Waals surface area contributed by atoms with E-state index in [9.17, 15) is 13.2 Å². The quantitative estimate of drug-likeness (QED) is 0.626. The summed E-state index contributed by atoms with van der Waals surface area (Å²) in [6.45, 7) is 0. The molecule has 0 saturated carbocycles. The van der Waals surface area contributed by atoms with Gasteiger partial charge in [-0.3, -0.25) is 0 Å². The summed E-state index contributed by atoms with van der Waals surface area (Å²) in [5.74, 6) is -3.74. The van der Waals surface area contributed by atoms with Crippen LogP contribution in [0.5, 0.6) is 0 Å². The highest BCUT2D eigenvalue weighted by Gasteiger charge is 2.25. The molecule has 3 aromatic carbocycles. The maximum Gasteiger partial charge on any atom is 0.194 e. The van der Waals surface area contributed by atoms with Gasteiger partial charge in [-0.25, -0.2) is 13.2 Å². The van der Waals surface area contributed by atoms with Crippen LogP contribution < -0.4 is 5.32 Å². The van der Waals surface area contributed by atoms with Crippen LogP contribution in [-0.4, -0.2) is 0 Å². The van der Waals surface area contributed by atoms with E-state index in [2.05, 4.69) is 5.32 Å². The highest BCUT2D eigenvalue weighted by molar-refractivity contribution is 5.91. The molecule has 0 fully saturated rings. The first-order valence-corrected chi connectivity index (χ1v) is 7.05. The fraction of sp³-hybridized carbons (Fsp3) is 0.111. The molecule has 22 heavy (non-hydrogen) atoms. The molecule has 1 heterocycles. The molecular formula is C18H12F3N. The number of anilines is 1. The summed E-state index contributed by atoms with van der Waals surface area (Å²) >= 11 is 0. The van der Waals surface area contributed by atoms with Gasteiger partial charge in [0.15, 0.2) is 17.5 Å². The first kappa shape index (κ1) is 13.2. The number of benzene rings is 3. The Balaban J connectivity index is 1.77. The molecule has 0 spiro atoms. The number of rotatable bonds is 1. The van der Waals surface area contributed by atoms with Crippen LogP contribution in [0.15, 0.2) is 48.5 Å². The van der Waals surface area contributed by atoms with E-state index in [-0.39, 0.29) is 6.04 Å². The number of fused-ring (bicyclic) bond motifs is 3. The van der Waals surface area contributed by atoms with Crippen LogP contribution in [0.1, 0.15) is 17.2 Å². The van der Waals surface area contributed by atoms with Gasteiger partial charge in [-0.05, 0) is 46.5 Å². The van der Waals surface area contributed by atoms with Crippen molar-refractivity contribution in [2.45, 2.75) is 12.5 Å². The second kappa shape index (κ2) is 4.77. The second-order valence-corrected chi connectivity index (χ2v) is 5.51. The summed E-state index contributed by atoms with van der Waals surface area (Å²) in [6.07, 6.45) is 0.612. The van der Waals surface area contributed by atoms with E-state index in [1.165, 1.54) is 0 Å². The van der Waals surface area contributed by atoms with Gasteiger partial charge in [-0.2, -0.15) is 0 Å². The smallest absolute Gasteiger partial charge is 0.194 e. The van der Waals surface area contributed by atoms with E-state index < -0.39 is 17.5 Å². The Morgan fingerprint density at radius 3 is 2.41 bits per heavy atom. The first-order chi connectivity index (χ1) is 10.6. The molecule has 1 atom stereocenters. The van der Waals surface area contributed by atoms with Gasteiger partial charge in [0, 0.05) is 5.69 Å². The van der Waals surface area contributed by atoms with Crippen LogP contribution in [0.2, 0.25) is 0 Å². The van der Waals surface area contributed by atoms with Crippen molar-refractivity contribution >= 4 is 16.5 Å². The van der Waals surface area contributed by atoms with Crippen molar-refractivity contribution in [1.29, 1.82) is 0 Å². The Labute approximate surface area is 125 Å². The van der Waals surface area contributed by atoms with Crippen molar-refractivity contribution in [3.8, 4) is 0 Å². The Morgan fingerprint density at radius 1 is 0.909 bits per heavy atom. The molecule has 4 rings (SSSR count). The number of hydrogen-bond acceptors (Lipinski definition) is 1. The van der Waals surface area contributed by atoms with E-state index in [1.54, 1.807) is 0 Å². The molecule has 3 aromatic rings. The van der Waals surface area contributed by atoms with E-state index in [4.69, 9.17) is 0 Å². The maximum absolute atomic E-state index is 13.4. The standard InChI is InChI=1S/C18H12F3N/c19-14-7-11(8-15(20)18(14)21)17-9-13-12-4-2-1-3-10(12)5-6-16(13)22-17/h1-8,17,22H,9H2. The van der Waals surface area contributed by atoms with Crippen molar-refractivity contribution in [2.24, 2.45) is 0 Å². The number of hydrogen-bond donors (Lipinski definition) is 1. The zero-order chi connectivity index (χ0) is 15.3. The Hall–Kier alpha value is -2.49. The maximum atomic E-state index is 13.4. The lowest BCUT2D eigenvalue weighted by atomic mass is 9.98. The lowest BCUT2D eigenvalue weighted by Gasteiger charge is -2.12. The Morgan fingerprint density at radius 2 is 1.64 bits per heavy atom. The molecule has 0 saturated heterocycles. The van der Waals surface area contributed by atoms with Crippen LogP contribution in [0, 0.1) is 17.5 Å². The van der Waals surface area contributed by atoms with Gasteiger partial charge in [0.05, 0.1) is 6.04 Å². The zero-order valence-corrected chi connectivity index (χ0v) is 11.5. The Kier molecular flexibility index (Phi) is 2.86. The van der Waals surface area contributed by atoms with Crippen molar-refractivity contribution in [3.05, 3.63) is 77.1 Å². The molecule has 1 aliphatic rings. The fourth-order valence-corrected chi connectivity index (χ4v) is 3.11. The van der Waals surface area contributed by atoms with Gasteiger partial charge in [0.25, 0.3) is 0 Å². The summed E-state index contributed by atoms with van der Waals surface area (Å²) in [6, 6.07) is 13.8. The number of halogens is 3. The van der Waals surface area contributed by atoms with Gasteiger partial charge < -0.3 is 5.32 Å². The van der Waals surface area contributed by atoms with Crippen LogP contribution in [0.4, 0.5) is 18.9 Å². The summed E-state index contributed by atoms with van der Waals surface area (Å²) in [4.78, 5) is 0. The molecule has 1 N–H and O–H groups in total. The van der Waals surface area contributed by atoms with Gasteiger partial charge in [0.1, 0.15) is 0 Å². The highest BCUT2D eigenvalue weighted by Crippen LogP contribution is 2.38. The average Bonchev–Trinajstić information content (AvgIpc) is 2.96. The molecule has 1 nitrogen and oxygen atoms in total. The Bertz CT molecular complexity index is 866. The third-order valence-electron chi connectivity index (χ3n) is 4.19. The molecule has 1 unspecified atom stereocenters. The van der Waals surface area contributed by atoms with Crippen molar-refractivity contribution in [2.75, 3.05) is 5.32 Å². The molecule has 0 aromatic heterocycles. The molecule has 4 heteroatoms. The minimum absolute atomic E-state index is 0.259. The van der Waals surface area contributed by atoms with Crippen LogP contribution in [-0.2, 0) is 6.42 Å².